The van der Waals surface area contributed by atoms with Crippen molar-refractivity contribution in [1.82, 2.24) is 0 Å². The van der Waals surface area contributed by atoms with Crippen LogP contribution in [0.25, 0.3) is 17.2 Å². The van der Waals surface area contributed by atoms with E-state index in [1.54, 1.807) is 5.57 Å². The maximum atomic E-state index is 2.41. The summed E-state index contributed by atoms with van der Waals surface area (Å²) in [5.41, 5.74) is 11.3. The summed E-state index contributed by atoms with van der Waals surface area (Å²) in [6, 6.07) is 11.4. The number of allylic oxidation sites excluding steroid dienone is 1. The molecule has 0 atom stereocenters. The first-order valence-corrected chi connectivity index (χ1v) is 7.49. The smallest absolute Gasteiger partial charge is 0.00577 e. The van der Waals surface area contributed by atoms with Gasteiger partial charge in [-0.2, -0.15) is 0 Å². The van der Waals surface area contributed by atoms with Gasteiger partial charge in [0.25, 0.3) is 0 Å². The summed E-state index contributed by atoms with van der Waals surface area (Å²) in [4.78, 5) is 0. The molecule has 0 aliphatic heterocycles. The molecule has 0 spiro atoms. The number of benzene rings is 2. The van der Waals surface area contributed by atoms with E-state index in [0.29, 0.717) is 0 Å². The van der Waals surface area contributed by atoms with Crippen LogP contribution in [0.15, 0.2) is 35.9 Å². The molecule has 0 radical (unpaired) electrons. The minimum Gasteiger partial charge on any atom is -0.0655 e. The van der Waals surface area contributed by atoms with Crippen LogP contribution in [-0.2, 0) is 6.42 Å². The molecule has 0 unspecified atom stereocenters. The van der Waals surface area contributed by atoms with Gasteiger partial charge in [-0.15, -0.1) is 0 Å². The number of fused-ring (bicyclic) bond motifs is 1. The molecule has 2 aromatic rings. The van der Waals surface area contributed by atoms with Crippen molar-refractivity contribution in [3.05, 3.63) is 63.7 Å². The molecular formula is C20H22. The minimum atomic E-state index is 1.13. The van der Waals surface area contributed by atoms with E-state index in [4.69, 9.17) is 0 Å². The average molecular weight is 262 g/mol. The Morgan fingerprint density at radius 1 is 0.950 bits per heavy atom. The van der Waals surface area contributed by atoms with Crippen molar-refractivity contribution in [2.75, 3.05) is 0 Å². The van der Waals surface area contributed by atoms with Crippen molar-refractivity contribution >= 4 is 6.08 Å². The standard InChI is InChI=1S/C20H22/c1-5-16-11-17-7-6-15(4)20(19(17)12-16)18-9-13(2)8-14(3)10-18/h6-10,12H,5,11H2,1-4H3. The Kier molecular flexibility index (Phi) is 3.25. The topological polar surface area (TPSA) is 0 Å². The van der Waals surface area contributed by atoms with Crippen LogP contribution in [0, 0.1) is 20.8 Å². The van der Waals surface area contributed by atoms with E-state index in [1.165, 1.54) is 38.9 Å². The van der Waals surface area contributed by atoms with Crippen molar-refractivity contribution in [2.24, 2.45) is 0 Å². The van der Waals surface area contributed by atoms with Crippen LogP contribution in [-0.4, -0.2) is 0 Å². The summed E-state index contributed by atoms with van der Waals surface area (Å²) < 4.78 is 0. The Morgan fingerprint density at radius 3 is 2.30 bits per heavy atom. The first-order valence-electron chi connectivity index (χ1n) is 7.49. The molecule has 0 saturated carbocycles. The van der Waals surface area contributed by atoms with Gasteiger partial charge in [-0.05, 0) is 61.4 Å². The molecule has 20 heavy (non-hydrogen) atoms. The van der Waals surface area contributed by atoms with Crippen molar-refractivity contribution in [3.8, 4) is 11.1 Å². The van der Waals surface area contributed by atoms with Crippen molar-refractivity contribution in [2.45, 2.75) is 40.5 Å². The van der Waals surface area contributed by atoms with E-state index in [-0.39, 0.29) is 0 Å². The van der Waals surface area contributed by atoms with Gasteiger partial charge in [0, 0.05) is 0 Å². The predicted octanol–water partition coefficient (Wildman–Crippen LogP) is 5.63. The van der Waals surface area contributed by atoms with Gasteiger partial charge in [0.1, 0.15) is 0 Å². The van der Waals surface area contributed by atoms with E-state index in [9.17, 15) is 0 Å². The second-order valence-corrected chi connectivity index (χ2v) is 6.04. The highest BCUT2D eigenvalue weighted by atomic mass is 14.2. The molecular weight excluding hydrogens is 240 g/mol. The van der Waals surface area contributed by atoms with Gasteiger partial charge in [-0.25, -0.2) is 0 Å². The Hall–Kier alpha value is -1.82. The fourth-order valence-corrected chi connectivity index (χ4v) is 3.32. The normalized spacial score (nSPS) is 13.3. The monoisotopic (exact) mass is 262 g/mol. The van der Waals surface area contributed by atoms with Gasteiger partial charge >= 0.3 is 0 Å². The molecule has 0 heterocycles. The summed E-state index contributed by atoms with van der Waals surface area (Å²) in [6.07, 6.45) is 4.69. The fourth-order valence-electron chi connectivity index (χ4n) is 3.32. The number of hydrogen-bond acceptors (Lipinski definition) is 0. The molecule has 0 nitrogen and oxygen atoms in total. The van der Waals surface area contributed by atoms with Gasteiger partial charge in [-0.3, -0.25) is 0 Å². The van der Waals surface area contributed by atoms with Crippen LogP contribution in [0.2, 0.25) is 0 Å². The van der Waals surface area contributed by atoms with E-state index in [1.807, 2.05) is 0 Å². The first kappa shape index (κ1) is 13.2. The van der Waals surface area contributed by atoms with Gasteiger partial charge < -0.3 is 0 Å². The lowest BCUT2D eigenvalue weighted by Gasteiger charge is -2.13. The SMILES string of the molecule is CCC1=Cc2c(ccc(C)c2-c2cc(C)cc(C)c2)C1. The number of rotatable bonds is 2. The molecule has 3 rings (SSSR count). The van der Waals surface area contributed by atoms with E-state index in [0.717, 1.165) is 12.8 Å². The fraction of sp³-hybridized carbons (Fsp3) is 0.300. The van der Waals surface area contributed by atoms with Crippen LogP contribution < -0.4 is 0 Å². The number of hydrogen-bond donors (Lipinski definition) is 0. The van der Waals surface area contributed by atoms with Gasteiger partial charge in [0.15, 0.2) is 0 Å². The quantitative estimate of drug-likeness (QED) is 0.658. The maximum Gasteiger partial charge on any atom is -0.00577 e. The Balaban J connectivity index is 2.24. The van der Waals surface area contributed by atoms with Gasteiger partial charge in [-0.1, -0.05) is 60.0 Å². The maximum absolute atomic E-state index is 2.41. The molecule has 2 aromatic carbocycles. The minimum absolute atomic E-state index is 1.13. The molecule has 102 valence electrons. The molecule has 1 aliphatic rings. The Bertz CT molecular complexity index is 682. The Labute approximate surface area is 122 Å². The van der Waals surface area contributed by atoms with Crippen molar-refractivity contribution in [1.29, 1.82) is 0 Å². The predicted molar refractivity (Wildman–Crippen MR) is 88.1 cm³/mol. The van der Waals surface area contributed by atoms with Crippen molar-refractivity contribution < 1.29 is 0 Å². The summed E-state index contributed by atoms with van der Waals surface area (Å²) in [5.74, 6) is 0. The molecule has 0 aromatic heterocycles. The lowest BCUT2D eigenvalue weighted by atomic mass is 9.91. The third-order valence-electron chi connectivity index (χ3n) is 4.27. The second-order valence-electron chi connectivity index (χ2n) is 6.04. The zero-order valence-corrected chi connectivity index (χ0v) is 12.9. The second kappa shape index (κ2) is 4.94. The van der Waals surface area contributed by atoms with Crippen LogP contribution in [0.5, 0.6) is 0 Å². The van der Waals surface area contributed by atoms with Crippen LogP contribution >= 0.6 is 0 Å². The molecule has 0 bridgehead atoms. The zero-order valence-electron chi connectivity index (χ0n) is 12.9. The first-order chi connectivity index (χ1) is 9.58. The van der Waals surface area contributed by atoms with E-state index >= 15 is 0 Å². The molecule has 1 aliphatic carbocycles. The third-order valence-corrected chi connectivity index (χ3v) is 4.27. The summed E-state index contributed by atoms with van der Waals surface area (Å²) in [6.45, 7) is 8.84. The lowest BCUT2D eigenvalue weighted by Crippen LogP contribution is -1.92. The largest absolute Gasteiger partial charge is 0.0655 e. The summed E-state index contributed by atoms with van der Waals surface area (Å²) in [7, 11) is 0. The zero-order chi connectivity index (χ0) is 14.3. The molecule has 0 fully saturated rings. The highest BCUT2D eigenvalue weighted by Gasteiger charge is 2.17. The van der Waals surface area contributed by atoms with E-state index < -0.39 is 0 Å². The van der Waals surface area contributed by atoms with Gasteiger partial charge in [0.2, 0.25) is 0 Å². The van der Waals surface area contributed by atoms with Crippen LogP contribution in [0.1, 0.15) is 41.2 Å². The molecule has 0 N–H and O–H groups in total. The third kappa shape index (κ3) is 2.20. The van der Waals surface area contributed by atoms with Crippen LogP contribution in [0.4, 0.5) is 0 Å². The lowest BCUT2D eigenvalue weighted by molar-refractivity contribution is 1.04. The highest BCUT2D eigenvalue weighted by Crippen LogP contribution is 2.37. The highest BCUT2D eigenvalue weighted by molar-refractivity contribution is 5.83. The Morgan fingerprint density at radius 2 is 1.65 bits per heavy atom. The summed E-state index contributed by atoms with van der Waals surface area (Å²) >= 11 is 0. The van der Waals surface area contributed by atoms with E-state index in [2.05, 4.69) is 64.1 Å². The number of aryl methyl sites for hydroxylation is 3. The van der Waals surface area contributed by atoms with Gasteiger partial charge in [0.05, 0.1) is 0 Å². The summed E-state index contributed by atoms with van der Waals surface area (Å²) in [5, 5.41) is 0. The average Bonchev–Trinajstić information content (AvgIpc) is 2.80. The molecule has 0 saturated heterocycles. The van der Waals surface area contributed by atoms with Crippen LogP contribution in [0.3, 0.4) is 0 Å². The molecule has 0 amide bonds. The van der Waals surface area contributed by atoms with Crippen molar-refractivity contribution in [3.63, 3.8) is 0 Å². The molecule has 0 heteroatoms.